The Hall–Kier alpha value is -3.95. The molecule has 0 spiro atoms. The van der Waals surface area contributed by atoms with E-state index in [0.29, 0.717) is 39.7 Å². The van der Waals surface area contributed by atoms with E-state index in [4.69, 9.17) is 9.47 Å². The molecule has 3 aromatic carbocycles. The molecule has 35 heavy (non-hydrogen) atoms. The van der Waals surface area contributed by atoms with Crippen molar-refractivity contribution in [2.45, 2.75) is 19.0 Å². The minimum Gasteiger partial charge on any atom is -0.493 e. The number of aromatic amines is 1. The van der Waals surface area contributed by atoms with Crippen molar-refractivity contribution in [1.29, 1.82) is 0 Å². The van der Waals surface area contributed by atoms with Crippen molar-refractivity contribution in [3.8, 4) is 34.1 Å². The summed E-state index contributed by atoms with van der Waals surface area (Å²) in [5, 5.41) is 0. The van der Waals surface area contributed by atoms with Gasteiger partial charge < -0.3 is 14.5 Å². The Kier molecular flexibility index (Phi) is 6.47. The normalized spacial score (nSPS) is 12.0. The lowest BCUT2D eigenvalue weighted by Gasteiger charge is -2.13. The van der Waals surface area contributed by atoms with Gasteiger partial charge in [-0.15, -0.1) is 0 Å². The lowest BCUT2D eigenvalue weighted by atomic mass is 10.1. The molecule has 0 aliphatic carbocycles. The molecule has 0 aliphatic rings. The highest BCUT2D eigenvalue weighted by molar-refractivity contribution is 5.67. The second-order valence-corrected chi connectivity index (χ2v) is 7.57. The summed E-state index contributed by atoms with van der Waals surface area (Å²) in [4.78, 5) is 7.31. The summed E-state index contributed by atoms with van der Waals surface area (Å²) in [6, 6.07) is 14.4. The number of hydrogen-bond donors (Lipinski definition) is 1. The van der Waals surface area contributed by atoms with E-state index in [1.165, 1.54) is 31.4 Å². The van der Waals surface area contributed by atoms with Crippen molar-refractivity contribution in [3.05, 3.63) is 89.6 Å². The third-order valence-electron chi connectivity index (χ3n) is 5.21. The predicted octanol–water partition coefficient (Wildman–Crippen LogP) is 7.37. The molecule has 0 amide bonds. The van der Waals surface area contributed by atoms with Crippen LogP contribution in [0.4, 0.5) is 26.3 Å². The van der Waals surface area contributed by atoms with Crippen molar-refractivity contribution in [3.63, 3.8) is 0 Å². The molecule has 0 atom stereocenters. The van der Waals surface area contributed by atoms with E-state index in [-0.39, 0.29) is 6.61 Å². The van der Waals surface area contributed by atoms with Crippen LogP contribution >= 0.6 is 0 Å². The first kappa shape index (κ1) is 24.2. The number of rotatable bonds is 6. The van der Waals surface area contributed by atoms with Gasteiger partial charge >= 0.3 is 12.4 Å². The van der Waals surface area contributed by atoms with E-state index in [9.17, 15) is 26.3 Å². The Morgan fingerprint density at radius 1 is 0.743 bits per heavy atom. The van der Waals surface area contributed by atoms with Crippen LogP contribution in [0.1, 0.15) is 16.7 Å². The van der Waals surface area contributed by atoms with E-state index in [0.717, 1.165) is 24.3 Å². The van der Waals surface area contributed by atoms with Gasteiger partial charge in [-0.3, -0.25) is 0 Å². The van der Waals surface area contributed by atoms with E-state index in [1.54, 1.807) is 24.4 Å². The molecule has 182 valence electrons. The summed E-state index contributed by atoms with van der Waals surface area (Å²) in [6.45, 7) is 0.0377. The van der Waals surface area contributed by atoms with E-state index < -0.39 is 23.5 Å². The summed E-state index contributed by atoms with van der Waals surface area (Å²) in [5.74, 6) is 1.18. The van der Waals surface area contributed by atoms with Crippen molar-refractivity contribution in [2.75, 3.05) is 7.11 Å². The van der Waals surface area contributed by atoms with Gasteiger partial charge in [0.05, 0.1) is 30.1 Å². The van der Waals surface area contributed by atoms with Gasteiger partial charge in [0.25, 0.3) is 0 Å². The second-order valence-electron chi connectivity index (χ2n) is 7.57. The number of imidazole rings is 1. The number of methoxy groups -OCH3 is 1. The van der Waals surface area contributed by atoms with Crippen LogP contribution in [0.3, 0.4) is 0 Å². The van der Waals surface area contributed by atoms with Crippen LogP contribution < -0.4 is 9.47 Å². The quantitative estimate of drug-likeness (QED) is 0.286. The Morgan fingerprint density at radius 2 is 1.31 bits per heavy atom. The number of ether oxygens (including phenoxy) is 2. The van der Waals surface area contributed by atoms with Crippen LogP contribution in [-0.4, -0.2) is 17.1 Å². The molecule has 1 N–H and O–H groups in total. The minimum absolute atomic E-state index is 0.0377. The SMILES string of the molecule is COc1cc(-c2cnc(-c3ccc(C(F)(F)F)cc3)[nH]2)ccc1OCc1ccc(C(F)(F)F)cc1. The van der Waals surface area contributed by atoms with Crippen LogP contribution in [0.15, 0.2) is 72.9 Å². The standard InChI is InChI=1S/C25H18F6N2O2/c1-34-22-12-17(6-11-21(22)35-14-15-2-7-18(8-3-15)24(26,27)28)20-13-32-23(33-20)16-4-9-19(10-5-16)25(29,30)31/h2-13H,14H2,1H3,(H,32,33). The van der Waals surface area contributed by atoms with E-state index in [2.05, 4.69) is 9.97 Å². The van der Waals surface area contributed by atoms with Crippen LogP contribution in [0.5, 0.6) is 11.5 Å². The maximum Gasteiger partial charge on any atom is 0.416 e. The Balaban J connectivity index is 1.48. The molecular formula is C25H18F6N2O2. The zero-order chi connectivity index (χ0) is 25.2. The van der Waals surface area contributed by atoms with Gasteiger partial charge in [0.15, 0.2) is 11.5 Å². The highest BCUT2D eigenvalue weighted by Crippen LogP contribution is 2.35. The number of hydrogen-bond acceptors (Lipinski definition) is 3. The Labute approximate surface area is 196 Å². The molecule has 4 nitrogen and oxygen atoms in total. The van der Waals surface area contributed by atoms with Gasteiger partial charge in [0.2, 0.25) is 0 Å². The van der Waals surface area contributed by atoms with Crippen LogP contribution in [0, 0.1) is 0 Å². The maximum absolute atomic E-state index is 12.8. The highest BCUT2D eigenvalue weighted by atomic mass is 19.4. The maximum atomic E-state index is 12.8. The van der Waals surface area contributed by atoms with Crippen molar-refractivity contribution < 1.29 is 35.8 Å². The molecule has 0 bridgehead atoms. The highest BCUT2D eigenvalue weighted by Gasteiger charge is 2.30. The molecule has 0 radical (unpaired) electrons. The lowest BCUT2D eigenvalue weighted by Crippen LogP contribution is -2.05. The van der Waals surface area contributed by atoms with Gasteiger partial charge in [-0.1, -0.05) is 24.3 Å². The van der Waals surface area contributed by atoms with Crippen molar-refractivity contribution in [1.82, 2.24) is 9.97 Å². The number of nitrogens with zero attached hydrogens (tertiary/aromatic N) is 1. The fourth-order valence-corrected chi connectivity index (χ4v) is 3.34. The molecule has 1 aromatic heterocycles. The minimum atomic E-state index is -4.42. The summed E-state index contributed by atoms with van der Waals surface area (Å²) in [5.41, 5.74) is 0.858. The smallest absolute Gasteiger partial charge is 0.416 e. The van der Waals surface area contributed by atoms with Gasteiger partial charge in [0, 0.05) is 11.1 Å². The predicted molar refractivity (Wildman–Crippen MR) is 117 cm³/mol. The number of alkyl halides is 6. The summed E-state index contributed by atoms with van der Waals surface area (Å²) >= 11 is 0. The molecule has 0 saturated carbocycles. The van der Waals surface area contributed by atoms with E-state index >= 15 is 0 Å². The van der Waals surface area contributed by atoms with Crippen LogP contribution in [0.25, 0.3) is 22.6 Å². The first-order valence-electron chi connectivity index (χ1n) is 10.2. The van der Waals surface area contributed by atoms with Gasteiger partial charge in [-0.25, -0.2) is 4.98 Å². The largest absolute Gasteiger partial charge is 0.493 e. The zero-order valence-corrected chi connectivity index (χ0v) is 18.2. The Bertz CT molecular complexity index is 1290. The van der Waals surface area contributed by atoms with Gasteiger partial charge in [-0.2, -0.15) is 26.3 Å². The third kappa shape index (κ3) is 5.59. The van der Waals surface area contributed by atoms with Gasteiger partial charge in [-0.05, 0) is 48.0 Å². The molecule has 4 aromatic rings. The molecule has 0 aliphatic heterocycles. The van der Waals surface area contributed by atoms with E-state index in [1.807, 2.05) is 0 Å². The molecule has 10 heteroatoms. The average Bonchev–Trinajstić information content (AvgIpc) is 3.32. The first-order chi connectivity index (χ1) is 16.5. The number of halogens is 6. The lowest BCUT2D eigenvalue weighted by molar-refractivity contribution is -0.138. The monoisotopic (exact) mass is 492 g/mol. The third-order valence-corrected chi connectivity index (χ3v) is 5.21. The number of nitrogens with one attached hydrogen (secondary N) is 1. The topological polar surface area (TPSA) is 47.1 Å². The number of H-pyrrole nitrogens is 1. The fraction of sp³-hybridized carbons (Fsp3) is 0.160. The summed E-state index contributed by atoms with van der Waals surface area (Å²) in [7, 11) is 1.45. The summed E-state index contributed by atoms with van der Waals surface area (Å²) in [6.07, 6.45) is -7.28. The molecule has 1 heterocycles. The van der Waals surface area contributed by atoms with Crippen LogP contribution in [0.2, 0.25) is 0 Å². The number of aromatic nitrogens is 2. The summed E-state index contributed by atoms with van der Waals surface area (Å²) < 4.78 is 87.6. The van der Waals surface area contributed by atoms with Gasteiger partial charge in [0.1, 0.15) is 12.4 Å². The fourth-order valence-electron chi connectivity index (χ4n) is 3.34. The molecule has 0 fully saturated rings. The second kappa shape index (κ2) is 9.36. The van der Waals surface area contributed by atoms with Crippen molar-refractivity contribution >= 4 is 0 Å². The molecule has 0 saturated heterocycles. The average molecular weight is 492 g/mol. The first-order valence-corrected chi connectivity index (χ1v) is 10.2. The Morgan fingerprint density at radius 3 is 1.89 bits per heavy atom. The molecule has 0 unspecified atom stereocenters. The number of benzene rings is 3. The van der Waals surface area contributed by atoms with Crippen molar-refractivity contribution in [2.24, 2.45) is 0 Å². The van der Waals surface area contributed by atoms with Crippen LogP contribution in [-0.2, 0) is 19.0 Å². The molecular weight excluding hydrogens is 474 g/mol. The zero-order valence-electron chi connectivity index (χ0n) is 18.2. The molecule has 4 rings (SSSR count).